The summed E-state index contributed by atoms with van der Waals surface area (Å²) in [5, 5.41) is 8.05. The number of anilines is 1. The molecule has 0 bridgehead atoms. The van der Waals surface area contributed by atoms with Gasteiger partial charge in [-0.2, -0.15) is 11.3 Å². The van der Waals surface area contributed by atoms with Crippen molar-refractivity contribution in [1.29, 1.82) is 0 Å². The normalized spacial score (nSPS) is 14.9. The van der Waals surface area contributed by atoms with Crippen LogP contribution in [0.1, 0.15) is 21.8 Å². The van der Waals surface area contributed by atoms with Gasteiger partial charge in [-0.15, -0.1) is 11.3 Å². The summed E-state index contributed by atoms with van der Waals surface area (Å²) in [7, 11) is 0. The summed E-state index contributed by atoms with van der Waals surface area (Å²) in [5.74, 6) is 0.786. The van der Waals surface area contributed by atoms with Crippen LogP contribution in [0.5, 0.6) is 0 Å². The smallest absolute Gasteiger partial charge is 0.263 e. The van der Waals surface area contributed by atoms with Gasteiger partial charge in [0.05, 0.1) is 5.69 Å². The topological polar surface area (TPSA) is 74.2 Å². The zero-order valence-corrected chi connectivity index (χ0v) is 18.0. The summed E-state index contributed by atoms with van der Waals surface area (Å²) in [6.07, 6.45) is 4.50. The molecule has 1 aliphatic rings. The molecule has 0 spiro atoms. The average molecular weight is 429 g/mol. The summed E-state index contributed by atoms with van der Waals surface area (Å²) in [4.78, 5) is 31.1. The van der Waals surface area contributed by atoms with E-state index in [1.54, 1.807) is 23.7 Å². The van der Waals surface area contributed by atoms with Crippen LogP contribution in [0, 0.1) is 6.92 Å². The van der Waals surface area contributed by atoms with Gasteiger partial charge in [0.2, 0.25) is 5.95 Å². The Labute approximate surface area is 178 Å². The van der Waals surface area contributed by atoms with Crippen LogP contribution in [0.4, 0.5) is 5.95 Å². The van der Waals surface area contributed by atoms with Crippen molar-refractivity contribution in [1.82, 2.24) is 25.2 Å². The molecule has 3 aromatic rings. The van der Waals surface area contributed by atoms with E-state index < -0.39 is 0 Å². The number of piperazine rings is 1. The highest BCUT2D eigenvalue weighted by Crippen LogP contribution is 2.29. The molecule has 1 fully saturated rings. The van der Waals surface area contributed by atoms with Crippen molar-refractivity contribution in [3.05, 3.63) is 45.9 Å². The molecule has 0 atom stereocenters. The van der Waals surface area contributed by atoms with Gasteiger partial charge in [0, 0.05) is 56.1 Å². The highest BCUT2D eigenvalue weighted by Gasteiger charge is 2.19. The van der Waals surface area contributed by atoms with Crippen LogP contribution in [-0.4, -0.2) is 65.0 Å². The van der Waals surface area contributed by atoms with E-state index in [1.165, 1.54) is 11.3 Å². The van der Waals surface area contributed by atoms with Gasteiger partial charge >= 0.3 is 0 Å². The Morgan fingerprint density at radius 3 is 2.72 bits per heavy atom. The number of nitrogens with zero attached hydrogens (tertiary/aromatic N) is 5. The Kier molecular flexibility index (Phi) is 6.48. The minimum Gasteiger partial charge on any atom is -0.351 e. The van der Waals surface area contributed by atoms with Gasteiger partial charge in [0.1, 0.15) is 9.88 Å². The van der Waals surface area contributed by atoms with Gasteiger partial charge in [-0.3, -0.25) is 9.69 Å². The maximum atomic E-state index is 12.5. The van der Waals surface area contributed by atoms with E-state index in [2.05, 4.69) is 35.4 Å². The number of amides is 1. The van der Waals surface area contributed by atoms with Crippen LogP contribution in [-0.2, 0) is 0 Å². The van der Waals surface area contributed by atoms with Crippen LogP contribution in [0.25, 0.3) is 10.6 Å². The molecule has 4 heterocycles. The first-order valence-electron chi connectivity index (χ1n) is 9.73. The Hall–Kier alpha value is -2.36. The van der Waals surface area contributed by atoms with Crippen molar-refractivity contribution >= 4 is 34.5 Å². The van der Waals surface area contributed by atoms with E-state index >= 15 is 0 Å². The second-order valence-electron chi connectivity index (χ2n) is 6.93. The summed E-state index contributed by atoms with van der Waals surface area (Å²) in [5.41, 5.74) is 1.88. The largest absolute Gasteiger partial charge is 0.351 e. The third-order valence-corrected chi connectivity index (χ3v) is 6.80. The number of rotatable bonds is 7. The quantitative estimate of drug-likeness (QED) is 0.584. The fourth-order valence-corrected chi connectivity index (χ4v) is 5.02. The lowest BCUT2D eigenvalue weighted by Crippen LogP contribution is -2.47. The van der Waals surface area contributed by atoms with E-state index in [0.29, 0.717) is 11.4 Å². The first-order chi connectivity index (χ1) is 14.2. The van der Waals surface area contributed by atoms with E-state index in [0.717, 1.165) is 61.4 Å². The Bertz CT molecular complexity index is 920. The number of aryl methyl sites for hydroxylation is 1. The molecule has 0 radical (unpaired) electrons. The molecule has 0 aromatic carbocycles. The van der Waals surface area contributed by atoms with Gasteiger partial charge in [-0.25, -0.2) is 15.0 Å². The number of nitrogens with one attached hydrogen (secondary N) is 1. The van der Waals surface area contributed by atoms with Crippen molar-refractivity contribution in [2.75, 3.05) is 44.2 Å². The molecular formula is C20H24N6OS2. The van der Waals surface area contributed by atoms with Crippen LogP contribution < -0.4 is 10.2 Å². The molecule has 3 aromatic heterocycles. The molecule has 7 nitrogen and oxygen atoms in total. The van der Waals surface area contributed by atoms with Crippen molar-refractivity contribution < 1.29 is 4.79 Å². The molecule has 1 saturated heterocycles. The predicted molar refractivity (Wildman–Crippen MR) is 118 cm³/mol. The monoisotopic (exact) mass is 428 g/mol. The van der Waals surface area contributed by atoms with Gasteiger partial charge < -0.3 is 10.2 Å². The summed E-state index contributed by atoms with van der Waals surface area (Å²) < 4.78 is 0. The van der Waals surface area contributed by atoms with Gasteiger partial charge in [-0.1, -0.05) is 0 Å². The second-order valence-corrected chi connectivity index (χ2v) is 8.71. The Balaban J connectivity index is 1.19. The lowest BCUT2D eigenvalue weighted by Gasteiger charge is -2.34. The molecule has 1 amide bonds. The van der Waals surface area contributed by atoms with Crippen molar-refractivity contribution in [3.8, 4) is 10.6 Å². The maximum absolute atomic E-state index is 12.5. The third-order valence-electron chi connectivity index (χ3n) is 4.91. The molecular weight excluding hydrogens is 404 g/mol. The zero-order chi connectivity index (χ0) is 20.1. The Morgan fingerprint density at radius 1 is 1.21 bits per heavy atom. The molecule has 4 rings (SSSR count). The minimum atomic E-state index is -0.0208. The van der Waals surface area contributed by atoms with Crippen molar-refractivity contribution in [2.45, 2.75) is 13.3 Å². The van der Waals surface area contributed by atoms with Gasteiger partial charge in [-0.05, 0) is 37.4 Å². The van der Waals surface area contributed by atoms with Crippen LogP contribution >= 0.6 is 22.7 Å². The van der Waals surface area contributed by atoms with E-state index in [9.17, 15) is 4.79 Å². The number of aromatic nitrogens is 3. The fourth-order valence-electron chi connectivity index (χ4n) is 3.33. The van der Waals surface area contributed by atoms with E-state index in [1.807, 2.05) is 24.4 Å². The molecule has 1 aliphatic heterocycles. The second kappa shape index (κ2) is 9.43. The minimum absolute atomic E-state index is 0.0208. The maximum Gasteiger partial charge on any atom is 0.263 e. The standard InChI is InChI=1S/C20H24N6OS2/c1-15-17(29-19(24-15)16-4-13-28-14-16)18(27)21-7-3-8-25-9-11-26(12-10-25)20-22-5-2-6-23-20/h2,4-6,13-14H,3,7-12H2,1H3,(H,21,27). The third kappa shape index (κ3) is 4.98. The molecule has 0 saturated carbocycles. The average Bonchev–Trinajstić information content (AvgIpc) is 3.42. The summed E-state index contributed by atoms with van der Waals surface area (Å²) in [6.45, 7) is 7.40. The molecule has 9 heteroatoms. The molecule has 1 N–H and O–H groups in total. The van der Waals surface area contributed by atoms with Crippen molar-refractivity contribution in [2.24, 2.45) is 0 Å². The van der Waals surface area contributed by atoms with Gasteiger partial charge in [0.25, 0.3) is 5.91 Å². The van der Waals surface area contributed by atoms with Crippen LogP contribution in [0.15, 0.2) is 35.3 Å². The lowest BCUT2D eigenvalue weighted by molar-refractivity contribution is 0.0954. The predicted octanol–water partition coefficient (Wildman–Crippen LogP) is 2.91. The van der Waals surface area contributed by atoms with Crippen molar-refractivity contribution in [3.63, 3.8) is 0 Å². The first kappa shape index (κ1) is 19.9. The number of hydrogen-bond acceptors (Lipinski definition) is 8. The molecule has 0 unspecified atom stereocenters. The number of thiophene rings is 1. The SMILES string of the molecule is Cc1nc(-c2ccsc2)sc1C(=O)NCCCN1CCN(c2ncccn2)CC1. The molecule has 0 aliphatic carbocycles. The number of thiazole rings is 1. The fraction of sp³-hybridized carbons (Fsp3) is 0.400. The molecule has 29 heavy (non-hydrogen) atoms. The van der Waals surface area contributed by atoms with Crippen LogP contribution in [0.2, 0.25) is 0 Å². The zero-order valence-electron chi connectivity index (χ0n) is 16.4. The number of carbonyl (C=O) groups is 1. The highest BCUT2D eigenvalue weighted by molar-refractivity contribution is 7.17. The van der Waals surface area contributed by atoms with Crippen LogP contribution in [0.3, 0.4) is 0 Å². The summed E-state index contributed by atoms with van der Waals surface area (Å²) >= 11 is 3.10. The Morgan fingerprint density at radius 2 is 2.00 bits per heavy atom. The molecule has 152 valence electrons. The summed E-state index contributed by atoms with van der Waals surface area (Å²) in [6, 6.07) is 3.87. The first-order valence-corrected chi connectivity index (χ1v) is 11.5. The highest BCUT2D eigenvalue weighted by atomic mass is 32.1. The van der Waals surface area contributed by atoms with E-state index in [-0.39, 0.29) is 5.91 Å². The number of carbonyl (C=O) groups excluding carboxylic acids is 1. The van der Waals surface area contributed by atoms with E-state index in [4.69, 9.17) is 0 Å². The lowest BCUT2D eigenvalue weighted by atomic mass is 10.3. The van der Waals surface area contributed by atoms with Gasteiger partial charge in [0.15, 0.2) is 0 Å². The number of hydrogen-bond donors (Lipinski definition) is 1.